The molecule has 1 N–H and O–H groups in total. The number of amides is 1. The number of benzene rings is 1. The molecule has 4 nitrogen and oxygen atoms in total. The van der Waals surface area contributed by atoms with Gasteiger partial charge in [0.1, 0.15) is 0 Å². The van der Waals surface area contributed by atoms with E-state index in [-0.39, 0.29) is 5.91 Å². The number of para-hydroxylation sites is 1. The van der Waals surface area contributed by atoms with Crippen LogP contribution in [0.25, 0.3) is 0 Å². The Morgan fingerprint density at radius 3 is 3.06 bits per heavy atom. The summed E-state index contributed by atoms with van der Waals surface area (Å²) in [4.78, 5) is 14.1. The molecule has 1 atom stereocenters. The van der Waals surface area contributed by atoms with Crippen molar-refractivity contribution in [1.29, 1.82) is 0 Å². The first-order valence-corrected chi connectivity index (χ1v) is 6.33. The molecule has 0 bridgehead atoms. The topological polar surface area (TPSA) is 41.6 Å². The fourth-order valence-electron chi connectivity index (χ4n) is 2.21. The number of nitrogens with one attached hydrogen (secondary N) is 1. The van der Waals surface area contributed by atoms with Gasteiger partial charge in [-0.3, -0.25) is 4.79 Å². The van der Waals surface area contributed by atoms with Crippen LogP contribution in [0.3, 0.4) is 0 Å². The van der Waals surface area contributed by atoms with E-state index in [1.165, 1.54) is 5.56 Å². The number of ether oxygens (including phenoxy) is 1. The molecule has 1 aromatic carbocycles. The molecule has 1 heterocycles. The first kappa shape index (κ1) is 13.1. The Balaban J connectivity index is 2.23. The summed E-state index contributed by atoms with van der Waals surface area (Å²) in [6.45, 7) is 4.09. The average Bonchev–Trinajstić information content (AvgIpc) is 2.56. The van der Waals surface area contributed by atoms with Gasteiger partial charge in [0.2, 0.25) is 5.91 Å². The SMILES string of the molecule is COCCC(=O)N1CC(C)NCc2ccccc21. The molecule has 0 spiro atoms. The molecule has 0 saturated heterocycles. The first-order valence-electron chi connectivity index (χ1n) is 6.33. The lowest BCUT2D eigenvalue weighted by atomic mass is 10.1. The third-order valence-electron chi connectivity index (χ3n) is 3.20. The van der Waals surface area contributed by atoms with E-state index in [4.69, 9.17) is 4.74 Å². The Morgan fingerprint density at radius 2 is 2.28 bits per heavy atom. The third-order valence-corrected chi connectivity index (χ3v) is 3.20. The zero-order valence-corrected chi connectivity index (χ0v) is 11.0. The van der Waals surface area contributed by atoms with Crippen molar-refractivity contribution in [1.82, 2.24) is 5.32 Å². The van der Waals surface area contributed by atoms with Crippen molar-refractivity contribution in [2.75, 3.05) is 25.2 Å². The van der Waals surface area contributed by atoms with Crippen LogP contribution in [0.2, 0.25) is 0 Å². The molecule has 0 fully saturated rings. The van der Waals surface area contributed by atoms with Crippen LogP contribution in [0.1, 0.15) is 18.9 Å². The summed E-state index contributed by atoms with van der Waals surface area (Å²) in [5.41, 5.74) is 2.20. The Morgan fingerprint density at radius 1 is 1.50 bits per heavy atom. The van der Waals surface area contributed by atoms with Crippen LogP contribution in [0.15, 0.2) is 24.3 Å². The molecule has 1 aliphatic heterocycles. The Kier molecular flexibility index (Phi) is 4.33. The van der Waals surface area contributed by atoms with Gasteiger partial charge in [-0.25, -0.2) is 0 Å². The summed E-state index contributed by atoms with van der Waals surface area (Å²) in [5.74, 6) is 0.125. The van der Waals surface area contributed by atoms with E-state index in [0.717, 1.165) is 12.2 Å². The van der Waals surface area contributed by atoms with Crippen molar-refractivity contribution in [2.45, 2.75) is 25.9 Å². The second kappa shape index (κ2) is 5.98. The van der Waals surface area contributed by atoms with Crippen molar-refractivity contribution in [3.05, 3.63) is 29.8 Å². The Bertz CT molecular complexity index is 420. The molecule has 1 unspecified atom stereocenters. The normalized spacial score (nSPS) is 19.2. The number of methoxy groups -OCH3 is 1. The lowest BCUT2D eigenvalue weighted by Crippen LogP contribution is -2.40. The summed E-state index contributed by atoms with van der Waals surface area (Å²) in [5, 5.41) is 3.42. The van der Waals surface area contributed by atoms with Crippen LogP contribution in [0.4, 0.5) is 5.69 Å². The highest BCUT2D eigenvalue weighted by atomic mass is 16.5. The third kappa shape index (κ3) is 2.89. The number of fused-ring (bicyclic) bond motifs is 1. The minimum Gasteiger partial charge on any atom is -0.384 e. The zero-order chi connectivity index (χ0) is 13.0. The predicted molar refractivity (Wildman–Crippen MR) is 71.6 cm³/mol. The number of hydrogen-bond donors (Lipinski definition) is 1. The van der Waals surface area contributed by atoms with Gasteiger partial charge in [-0.05, 0) is 18.6 Å². The van der Waals surface area contributed by atoms with Crippen molar-refractivity contribution in [3.63, 3.8) is 0 Å². The lowest BCUT2D eigenvalue weighted by molar-refractivity contribution is -0.119. The maximum Gasteiger partial charge on any atom is 0.229 e. The van der Waals surface area contributed by atoms with Gasteiger partial charge in [-0.2, -0.15) is 0 Å². The monoisotopic (exact) mass is 248 g/mol. The summed E-state index contributed by atoms with van der Waals surface area (Å²) in [6, 6.07) is 8.36. The van der Waals surface area contributed by atoms with Gasteiger partial charge in [-0.15, -0.1) is 0 Å². The van der Waals surface area contributed by atoms with Gasteiger partial charge >= 0.3 is 0 Å². The fourth-order valence-corrected chi connectivity index (χ4v) is 2.21. The predicted octanol–water partition coefficient (Wildman–Crippen LogP) is 1.55. The summed E-state index contributed by atoms with van der Waals surface area (Å²) in [6.07, 6.45) is 0.428. The standard InChI is InChI=1S/C14H20N2O2/c1-11-10-16(14(17)7-8-18-2)13-6-4-3-5-12(13)9-15-11/h3-6,11,15H,7-10H2,1-2H3. The van der Waals surface area contributed by atoms with Crippen LogP contribution in [-0.4, -0.2) is 32.2 Å². The molecule has 0 aromatic heterocycles. The molecule has 18 heavy (non-hydrogen) atoms. The maximum atomic E-state index is 12.2. The van der Waals surface area contributed by atoms with Crippen molar-refractivity contribution < 1.29 is 9.53 Å². The molecular weight excluding hydrogens is 228 g/mol. The Hall–Kier alpha value is -1.39. The second-order valence-corrected chi connectivity index (χ2v) is 4.66. The van der Waals surface area contributed by atoms with Crippen molar-refractivity contribution in [2.24, 2.45) is 0 Å². The van der Waals surface area contributed by atoms with Crippen LogP contribution in [-0.2, 0) is 16.1 Å². The lowest BCUT2D eigenvalue weighted by Gasteiger charge is -2.24. The molecule has 0 saturated carbocycles. The molecule has 2 rings (SSSR count). The first-order chi connectivity index (χ1) is 8.72. The summed E-state index contributed by atoms with van der Waals surface area (Å²) in [7, 11) is 1.62. The quantitative estimate of drug-likeness (QED) is 0.882. The van der Waals surface area contributed by atoms with Gasteiger partial charge in [0, 0.05) is 31.9 Å². The highest BCUT2D eigenvalue weighted by Crippen LogP contribution is 2.23. The minimum atomic E-state index is 0.125. The van der Waals surface area contributed by atoms with E-state index in [0.29, 0.717) is 25.6 Å². The molecular formula is C14H20N2O2. The summed E-state index contributed by atoms with van der Waals surface area (Å²) >= 11 is 0. The smallest absolute Gasteiger partial charge is 0.229 e. The van der Waals surface area contributed by atoms with Gasteiger partial charge in [-0.1, -0.05) is 18.2 Å². The molecule has 98 valence electrons. The molecule has 4 heteroatoms. The van der Waals surface area contributed by atoms with Crippen LogP contribution in [0, 0.1) is 0 Å². The van der Waals surface area contributed by atoms with E-state index in [1.807, 2.05) is 23.1 Å². The number of rotatable bonds is 3. The summed E-state index contributed by atoms with van der Waals surface area (Å²) < 4.78 is 4.99. The van der Waals surface area contributed by atoms with Gasteiger partial charge in [0.05, 0.1) is 13.0 Å². The van der Waals surface area contributed by atoms with Crippen LogP contribution < -0.4 is 10.2 Å². The largest absolute Gasteiger partial charge is 0.384 e. The molecule has 0 radical (unpaired) electrons. The number of carbonyl (C=O) groups is 1. The van der Waals surface area contributed by atoms with Gasteiger partial charge < -0.3 is 15.0 Å². The second-order valence-electron chi connectivity index (χ2n) is 4.66. The molecule has 1 aliphatic rings. The van der Waals surface area contributed by atoms with E-state index in [2.05, 4.69) is 18.3 Å². The van der Waals surface area contributed by atoms with E-state index in [9.17, 15) is 4.79 Å². The van der Waals surface area contributed by atoms with Crippen molar-refractivity contribution in [3.8, 4) is 0 Å². The zero-order valence-electron chi connectivity index (χ0n) is 11.0. The number of carbonyl (C=O) groups excluding carboxylic acids is 1. The number of anilines is 1. The Labute approximate surface area is 108 Å². The van der Waals surface area contributed by atoms with Crippen LogP contribution in [0.5, 0.6) is 0 Å². The fraction of sp³-hybridized carbons (Fsp3) is 0.500. The van der Waals surface area contributed by atoms with Gasteiger partial charge in [0.25, 0.3) is 0 Å². The van der Waals surface area contributed by atoms with E-state index >= 15 is 0 Å². The average molecular weight is 248 g/mol. The highest BCUT2D eigenvalue weighted by molar-refractivity contribution is 5.94. The molecule has 1 aromatic rings. The number of hydrogen-bond acceptors (Lipinski definition) is 3. The maximum absolute atomic E-state index is 12.2. The number of nitrogens with zero attached hydrogens (tertiary/aromatic N) is 1. The van der Waals surface area contributed by atoms with E-state index in [1.54, 1.807) is 7.11 Å². The molecule has 1 amide bonds. The van der Waals surface area contributed by atoms with Crippen molar-refractivity contribution >= 4 is 11.6 Å². The van der Waals surface area contributed by atoms with Crippen LogP contribution >= 0.6 is 0 Å². The molecule has 0 aliphatic carbocycles. The van der Waals surface area contributed by atoms with E-state index < -0.39 is 0 Å². The highest BCUT2D eigenvalue weighted by Gasteiger charge is 2.23. The minimum absolute atomic E-state index is 0.125. The van der Waals surface area contributed by atoms with Gasteiger partial charge in [0.15, 0.2) is 0 Å².